The summed E-state index contributed by atoms with van der Waals surface area (Å²) in [5.41, 5.74) is 0.734. The van der Waals surface area contributed by atoms with Crippen LogP contribution in [0, 0.1) is 0 Å². The molecule has 3 aromatic rings. The van der Waals surface area contributed by atoms with E-state index in [-0.39, 0.29) is 29.1 Å². The van der Waals surface area contributed by atoms with Crippen molar-refractivity contribution >= 4 is 62.3 Å². The van der Waals surface area contributed by atoms with Gasteiger partial charge in [-0.25, -0.2) is 8.42 Å². The van der Waals surface area contributed by atoms with Gasteiger partial charge in [0.2, 0.25) is 11.8 Å². The van der Waals surface area contributed by atoms with Crippen LogP contribution in [0.25, 0.3) is 0 Å². The highest BCUT2D eigenvalue weighted by Crippen LogP contribution is 2.28. The molecule has 3 rings (SSSR count). The molecule has 0 saturated heterocycles. The molecule has 0 bridgehead atoms. The third-order valence-corrected chi connectivity index (χ3v) is 9.03. The third-order valence-electron chi connectivity index (χ3n) is 6.28. The van der Waals surface area contributed by atoms with Gasteiger partial charge >= 0.3 is 0 Å². The standard InChI is InChI=1S/C28H30Cl3N3O4S/c1-4-19(2)32-28(36)20(3)33(17-24-25(30)11-8-12-26(24)31)27(35)18-34(22-9-6-5-7-10-22)39(37,38)23-15-13-21(29)14-16-23/h5-16,19-20H,4,17-18H2,1-3H3,(H,32,36). The number of carbonyl (C=O) groups excluding carboxylic acids is 2. The van der Waals surface area contributed by atoms with Crippen LogP contribution < -0.4 is 9.62 Å². The van der Waals surface area contributed by atoms with Crippen LogP contribution in [0.3, 0.4) is 0 Å². The topological polar surface area (TPSA) is 86.8 Å². The van der Waals surface area contributed by atoms with Gasteiger partial charge in [0.25, 0.3) is 10.0 Å². The Bertz CT molecular complexity index is 1380. The number of halogens is 3. The molecule has 0 spiro atoms. The molecule has 11 heteroatoms. The Labute approximate surface area is 244 Å². The van der Waals surface area contributed by atoms with Crippen molar-refractivity contribution in [2.45, 2.75) is 50.7 Å². The lowest BCUT2D eigenvalue weighted by Gasteiger charge is -2.32. The first-order valence-electron chi connectivity index (χ1n) is 12.3. The molecule has 39 heavy (non-hydrogen) atoms. The monoisotopic (exact) mass is 609 g/mol. The predicted octanol–water partition coefficient (Wildman–Crippen LogP) is 6.17. The van der Waals surface area contributed by atoms with E-state index in [2.05, 4.69) is 5.32 Å². The van der Waals surface area contributed by atoms with Crippen molar-refractivity contribution in [1.29, 1.82) is 0 Å². The van der Waals surface area contributed by atoms with Gasteiger partial charge in [0, 0.05) is 33.2 Å². The van der Waals surface area contributed by atoms with Crippen LogP contribution in [-0.4, -0.2) is 43.8 Å². The highest BCUT2D eigenvalue weighted by atomic mass is 35.5. The molecule has 208 valence electrons. The second-order valence-electron chi connectivity index (χ2n) is 9.02. The molecule has 2 unspecified atom stereocenters. The summed E-state index contributed by atoms with van der Waals surface area (Å²) in [5, 5.41) is 3.90. The van der Waals surface area contributed by atoms with Crippen molar-refractivity contribution in [3.05, 3.63) is 93.4 Å². The quantitative estimate of drug-likeness (QED) is 0.281. The van der Waals surface area contributed by atoms with Crippen LogP contribution in [-0.2, 0) is 26.2 Å². The van der Waals surface area contributed by atoms with Crippen LogP contribution >= 0.6 is 34.8 Å². The Morgan fingerprint density at radius 3 is 2.03 bits per heavy atom. The number of carbonyl (C=O) groups is 2. The van der Waals surface area contributed by atoms with Crippen LogP contribution in [0.15, 0.2) is 77.7 Å². The third kappa shape index (κ3) is 7.66. The Morgan fingerprint density at radius 1 is 0.872 bits per heavy atom. The normalized spacial score (nSPS) is 12.9. The molecule has 2 amide bonds. The van der Waals surface area contributed by atoms with E-state index < -0.39 is 28.5 Å². The van der Waals surface area contributed by atoms with Crippen LogP contribution in [0.5, 0.6) is 0 Å². The molecule has 0 radical (unpaired) electrons. The molecular weight excluding hydrogens is 581 g/mol. The Morgan fingerprint density at radius 2 is 1.46 bits per heavy atom. The molecule has 0 aromatic heterocycles. The van der Waals surface area contributed by atoms with E-state index in [0.29, 0.717) is 27.1 Å². The fraction of sp³-hybridized carbons (Fsp3) is 0.286. The van der Waals surface area contributed by atoms with E-state index in [0.717, 1.165) is 4.31 Å². The number of hydrogen-bond donors (Lipinski definition) is 1. The lowest BCUT2D eigenvalue weighted by atomic mass is 10.1. The van der Waals surface area contributed by atoms with E-state index in [1.165, 1.54) is 29.2 Å². The van der Waals surface area contributed by atoms with Gasteiger partial charge in [-0.1, -0.05) is 66.0 Å². The lowest BCUT2D eigenvalue weighted by molar-refractivity contribution is -0.139. The number of rotatable bonds is 11. The fourth-order valence-electron chi connectivity index (χ4n) is 3.76. The maximum atomic E-state index is 13.9. The van der Waals surface area contributed by atoms with E-state index in [1.807, 2.05) is 13.8 Å². The summed E-state index contributed by atoms with van der Waals surface area (Å²) in [4.78, 5) is 28.3. The van der Waals surface area contributed by atoms with Crippen molar-refractivity contribution < 1.29 is 18.0 Å². The van der Waals surface area contributed by atoms with E-state index in [9.17, 15) is 18.0 Å². The molecule has 0 aliphatic rings. The summed E-state index contributed by atoms with van der Waals surface area (Å²) < 4.78 is 28.5. The van der Waals surface area contributed by atoms with Crippen molar-refractivity contribution in [2.75, 3.05) is 10.8 Å². The SMILES string of the molecule is CCC(C)NC(=O)C(C)N(Cc1c(Cl)cccc1Cl)C(=O)CN(c1ccccc1)S(=O)(=O)c1ccc(Cl)cc1. The number of benzene rings is 3. The van der Waals surface area contributed by atoms with E-state index in [4.69, 9.17) is 34.8 Å². The molecule has 2 atom stereocenters. The summed E-state index contributed by atoms with van der Waals surface area (Å²) in [6.07, 6.45) is 0.698. The van der Waals surface area contributed by atoms with Gasteiger partial charge in [0.15, 0.2) is 0 Å². The number of nitrogens with zero attached hydrogens (tertiary/aromatic N) is 2. The second kappa shape index (κ2) is 13.5. The molecule has 3 aromatic carbocycles. The highest BCUT2D eigenvalue weighted by molar-refractivity contribution is 7.92. The molecule has 0 heterocycles. The molecular formula is C28H30Cl3N3O4S. The average molecular weight is 611 g/mol. The van der Waals surface area contributed by atoms with Gasteiger partial charge in [0.05, 0.1) is 10.6 Å². The summed E-state index contributed by atoms with van der Waals surface area (Å²) in [6.45, 7) is 4.70. The number of anilines is 1. The van der Waals surface area contributed by atoms with Gasteiger partial charge in [-0.2, -0.15) is 0 Å². The number of nitrogens with one attached hydrogen (secondary N) is 1. The molecule has 0 aliphatic heterocycles. The smallest absolute Gasteiger partial charge is 0.264 e. The zero-order valence-corrected chi connectivity index (χ0v) is 24.9. The van der Waals surface area contributed by atoms with Gasteiger partial charge in [-0.15, -0.1) is 0 Å². The molecule has 7 nitrogen and oxygen atoms in total. The van der Waals surface area contributed by atoms with Crippen molar-refractivity contribution in [3.63, 3.8) is 0 Å². The zero-order chi connectivity index (χ0) is 28.7. The zero-order valence-electron chi connectivity index (χ0n) is 21.8. The predicted molar refractivity (Wildman–Crippen MR) is 157 cm³/mol. The maximum absolute atomic E-state index is 13.9. The van der Waals surface area contributed by atoms with E-state index in [1.54, 1.807) is 55.5 Å². The molecule has 0 aliphatic carbocycles. The fourth-order valence-corrected chi connectivity index (χ4v) is 5.82. The van der Waals surface area contributed by atoms with Crippen molar-refractivity contribution in [3.8, 4) is 0 Å². The number of hydrogen-bond acceptors (Lipinski definition) is 4. The minimum absolute atomic E-state index is 0.0354. The summed E-state index contributed by atoms with van der Waals surface area (Å²) in [7, 11) is -4.18. The first-order chi connectivity index (χ1) is 18.4. The Hall–Kier alpha value is -2.78. The first kappa shape index (κ1) is 30.8. The number of sulfonamides is 1. The second-order valence-corrected chi connectivity index (χ2v) is 12.1. The van der Waals surface area contributed by atoms with E-state index >= 15 is 0 Å². The van der Waals surface area contributed by atoms with Crippen molar-refractivity contribution in [1.82, 2.24) is 10.2 Å². The van der Waals surface area contributed by atoms with Gasteiger partial charge < -0.3 is 10.2 Å². The number of para-hydroxylation sites is 1. The Kier molecular flexibility index (Phi) is 10.7. The largest absolute Gasteiger partial charge is 0.352 e. The summed E-state index contributed by atoms with van der Waals surface area (Å²) >= 11 is 18.8. The average Bonchev–Trinajstić information content (AvgIpc) is 2.91. The van der Waals surface area contributed by atoms with Crippen LogP contribution in [0.4, 0.5) is 5.69 Å². The lowest BCUT2D eigenvalue weighted by Crippen LogP contribution is -2.52. The van der Waals surface area contributed by atoms with Crippen molar-refractivity contribution in [2.24, 2.45) is 0 Å². The highest BCUT2D eigenvalue weighted by Gasteiger charge is 2.33. The molecule has 0 saturated carbocycles. The molecule has 1 N–H and O–H groups in total. The van der Waals surface area contributed by atoms with Crippen LogP contribution in [0.2, 0.25) is 15.1 Å². The van der Waals surface area contributed by atoms with Gasteiger partial charge in [0.1, 0.15) is 12.6 Å². The summed E-state index contributed by atoms with van der Waals surface area (Å²) in [6, 6.07) is 17.8. The van der Waals surface area contributed by atoms with Gasteiger partial charge in [-0.05, 0) is 68.8 Å². The van der Waals surface area contributed by atoms with Gasteiger partial charge in [-0.3, -0.25) is 13.9 Å². The minimum atomic E-state index is -4.18. The summed E-state index contributed by atoms with van der Waals surface area (Å²) in [5.74, 6) is -0.994. The molecule has 0 fully saturated rings. The van der Waals surface area contributed by atoms with Crippen LogP contribution in [0.1, 0.15) is 32.8 Å². The minimum Gasteiger partial charge on any atom is -0.352 e. The maximum Gasteiger partial charge on any atom is 0.264 e. The number of amides is 2. The Balaban J connectivity index is 2.04. The first-order valence-corrected chi connectivity index (χ1v) is 14.9.